The van der Waals surface area contributed by atoms with Crippen LogP contribution >= 0.6 is 0 Å². The van der Waals surface area contributed by atoms with Gasteiger partial charge in [0.15, 0.2) is 0 Å². The number of methoxy groups -OCH3 is 1. The topological polar surface area (TPSA) is 53.4 Å². The molecule has 1 rings (SSSR count). The Hall–Kier alpha value is -1.52. The molecule has 0 radical (unpaired) electrons. The van der Waals surface area contributed by atoms with Crippen molar-refractivity contribution in [3.05, 3.63) is 22.7 Å². The predicted octanol–water partition coefficient (Wildman–Crippen LogP) is -0.690. The molecule has 60 valence electrons. The maximum atomic E-state index is 10.9. The van der Waals surface area contributed by atoms with E-state index in [1.54, 1.807) is 0 Å². The third-order valence-corrected chi connectivity index (χ3v) is 1.15. The lowest BCUT2D eigenvalue weighted by Crippen LogP contribution is -2.26. The van der Waals surface area contributed by atoms with Gasteiger partial charge in [-0.1, -0.05) is 0 Å². The molecule has 0 aliphatic heterocycles. The summed E-state index contributed by atoms with van der Waals surface area (Å²) >= 11 is 0. The molecule has 0 N–H and O–H groups in total. The smallest absolute Gasteiger partial charge is 0.383 e. The molecule has 0 atom stereocenters. The van der Waals surface area contributed by atoms with E-state index in [0.717, 1.165) is 4.73 Å². The van der Waals surface area contributed by atoms with E-state index in [1.165, 1.54) is 26.5 Å². The lowest BCUT2D eigenvalue weighted by atomic mass is 10.6. The fourth-order valence-electron chi connectivity index (χ4n) is 0.629. The number of ether oxygens (including phenoxy) is 1. The summed E-state index contributed by atoms with van der Waals surface area (Å²) in [6, 6.07) is 1.53. The number of hydrogen-bond acceptors (Lipinski definition) is 4. The van der Waals surface area contributed by atoms with E-state index in [4.69, 9.17) is 4.74 Å². The highest BCUT2D eigenvalue weighted by Gasteiger charge is 1.97. The van der Waals surface area contributed by atoms with Crippen molar-refractivity contribution in [2.24, 2.45) is 0 Å². The van der Waals surface area contributed by atoms with E-state index in [-0.39, 0.29) is 5.88 Å². The van der Waals surface area contributed by atoms with Crippen LogP contribution in [0.2, 0.25) is 0 Å². The highest BCUT2D eigenvalue weighted by Crippen LogP contribution is 1.97. The van der Waals surface area contributed by atoms with Crippen LogP contribution in [-0.4, -0.2) is 23.9 Å². The lowest BCUT2D eigenvalue weighted by molar-refractivity contribution is 0.151. The lowest BCUT2D eigenvalue weighted by Gasteiger charge is -2.01. The van der Waals surface area contributed by atoms with Crippen LogP contribution in [0.3, 0.4) is 0 Å². The van der Waals surface area contributed by atoms with Crippen molar-refractivity contribution >= 4 is 0 Å². The van der Waals surface area contributed by atoms with Crippen LogP contribution in [0.15, 0.2) is 17.1 Å². The summed E-state index contributed by atoms with van der Waals surface area (Å²) in [5.41, 5.74) is -0.494. The minimum absolute atomic E-state index is 0.281. The number of aromatic nitrogens is 2. The van der Waals surface area contributed by atoms with Crippen molar-refractivity contribution in [1.82, 2.24) is 9.71 Å². The van der Waals surface area contributed by atoms with Crippen LogP contribution in [0.1, 0.15) is 0 Å². The van der Waals surface area contributed by atoms with Gasteiger partial charge in [-0.25, -0.2) is 4.79 Å². The highest BCUT2D eigenvalue weighted by molar-refractivity contribution is 5.04. The van der Waals surface area contributed by atoms with Gasteiger partial charge in [0.2, 0.25) is 5.88 Å². The van der Waals surface area contributed by atoms with Crippen LogP contribution in [0.4, 0.5) is 0 Å². The molecule has 11 heavy (non-hydrogen) atoms. The second-order valence-corrected chi connectivity index (χ2v) is 1.76. The van der Waals surface area contributed by atoms with Crippen LogP contribution in [-0.2, 0) is 0 Å². The third kappa shape index (κ3) is 1.49. The van der Waals surface area contributed by atoms with E-state index in [2.05, 4.69) is 9.82 Å². The van der Waals surface area contributed by atoms with E-state index < -0.39 is 5.69 Å². The average Bonchev–Trinajstić information content (AvgIpc) is 2.04. The van der Waals surface area contributed by atoms with Crippen LogP contribution in [0, 0.1) is 0 Å². The Kier molecular flexibility index (Phi) is 2.10. The zero-order valence-corrected chi connectivity index (χ0v) is 6.27. The third-order valence-electron chi connectivity index (χ3n) is 1.15. The average molecular weight is 156 g/mol. The normalized spacial score (nSPS) is 9.27. The first-order chi connectivity index (χ1) is 5.27. The van der Waals surface area contributed by atoms with Gasteiger partial charge >= 0.3 is 5.69 Å². The van der Waals surface area contributed by atoms with Gasteiger partial charge in [0.1, 0.15) is 7.11 Å². The van der Waals surface area contributed by atoms with Gasteiger partial charge in [-0.2, -0.15) is 4.98 Å². The molecular weight excluding hydrogens is 148 g/mol. The first-order valence-corrected chi connectivity index (χ1v) is 2.96. The summed E-state index contributed by atoms with van der Waals surface area (Å²) in [7, 11) is 2.83. The van der Waals surface area contributed by atoms with E-state index in [1.807, 2.05) is 0 Å². The molecule has 1 aromatic heterocycles. The van der Waals surface area contributed by atoms with Gasteiger partial charge in [-0.3, -0.25) is 0 Å². The molecule has 0 amide bonds. The van der Waals surface area contributed by atoms with E-state index >= 15 is 0 Å². The summed E-state index contributed by atoms with van der Waals surface area (Å²) in [6.07, 6.45) is 1.44. The monoisotopic (exact) mass is 156 g/mol. The Morgan fingerprint density at radius 3 is 2.73 bits per heavy atom. The summed E-state index contributed by atoms with van der Waals surface area (Å²) in [6.45, 7) is 0. The summed E-state index contributed by atoms with van der Waals surface area (Å²) < 4.78 is 5.72. The fourth-order valence-corrected chi connectivity index (χ4v) is 0.629. The molecule has 0 spiro atoms. The van der Waals surface area contributed by atoms with E-state index in [9.17, 15) is 4.79 Å². The molecule has 0 aromatic carbocycles. The standard InChI is InChI=1S/C6H8N2O3/c1-10-5-3-4-8(11-2)6(9)7-5/h3-4H,1-2H3. The summed E-state index contributed by atoms with van der Waals surface area (Å²) in [5.74, 6) is 0.281. The Labute approximate surface area is 63.2 Å². The number of nitrogens with zero attached hydrogens (tertiary/aromatic N) is 2. The van der Waals surface area contributed by atoms with Gasteiger partial charge in [0.25, 0.3) is 0 Å². The Morgan fingerprint density at radius 1 is 1.55 bits per heavy atom. The van der Waals surface area contributed by atoms with Gasteiger partial charge in [-0.05, 0) is 0 Å². The number of rotatable bonds is 2. The first kappa shape index (κ1) is 7.59. The van der Waals surface area contributed by atoms with Crippen molar-refractivity contribution in [3.63, 3.8) is 0 Å². The molecule has 0 saturated heterocycles. The molecule has 5 nitrogen and oxygen atoms in total. The van der Waals surface area contributed by atoms with Gasteiger partial charge < -0.3 is 9.57 Å². The Morgan fingerprint density at radius 2 is 2.27 bits per heavy atom. The van der Waals surface area contributed by atoms with Gasteiger partial charge in [0, 0.05) is 6.07 Å². The molecule has 1 heterocycles. The van der Waals surface area contributed by atoms with Crippen molar-refractivity contribution in [3.8, 4) is 5.88 Å². The molecule has 1 aromatic rings. The second kappa shape index (κ2) is 3.05. The molecule has 0 aliphatic rings. The van der Waals surface area contributed by atoms with Crippen LogP contribution < -0.4 is 15.3 Å². The summed E-state index contributed by atoms with van der Waals surface area (Å²) in [4.78, 5) is 19.0. The second-order valence-electron chi connectivity index (χ2n) is 1.76. The van der Waals surface area contributed by atoms with Gasteiger partial charge in [-0.15, -0.1) is 4.73 Å². The summed E-state index contributed by atoms with van der Waals surface area (Å²) in [5, 5.41) is 0. The molecule has 0 bridgehead atoms. The number of hydrogen-bond donors (Lipinski definition) is 0. The minimum atomic E-state index is -0.494. The van der Waals surface area contributed by atoms with Gasteiger partial charge in [0.05, 0.1) is 13.3 Å². The zero-order valence-electron chi connectivity index (χ0n) is 6.27. The maximum absolute atomic E-state index is 10.9. The molecular formula is C6H8N2O3. The van der Waals surface area contributed by atoms with E-state index in [0.29, 0.717) is 0 Å². The highest BCUT2D eigenvalue weighted by atomic mass is 16.6. The molecule has 0 fully saturated rings. The fraction of sp³-hybridized carbons (Fsp3) is 0.333. The quantitative estimate of drug-likeness (QED) is 0.568. The van der Waals surface area contributed by atoms with Crippen molar-refractivity contribution in [1.29, 1.82) is 0 Å². The predicted molar refractivity (Wildman–Crippen MR) is 37.6 cm³/mol. The van der Waals surface area contributed by atoms with Crippen molar-refractivity contribution in [2.75, 3.05) is 14.2 Å². The Bertz CT molecular complexity index is 294. The van der Waals surface area contributed by atoms with Crippen molar-refractivity contribution in [2.45, 2.75) is 0 Å². The first-order valence-electron chi connectivity index (χ1n) is 2.96. The zero-order chi connectivity index (χ0) is 8.27. The molecule has 0 unspecified atom stereocenters. The largest absolute Gasteiger partial charge is 0.481 e. The SMILES string of the molecule is COc1ccn(OC)c(=O)n1. The maximum Gasteiger partial charge on any atom is 0.383 e. The Balaban J connectivity index is 3.10. The van der Waals surface area contributed by atoms with Crippen LogP contribution in [0.25, 0.3) is 0 Å². The minimum Gasteiger partial charge on any atom is -0.481 e. The molecule has 0 saturated carbocycles. The van der Waals surface area contributed by atoms with Crippen molar-refractivity contribution < 1.29 is 9.57 Å². The molecule has 0 aliphatic carbocycles. The molecule has 5 heteroatoms. The van der Waals surface area contributed by atoms with Crippen LogP contribution in [0.5, 0.6) is 5.88 Å².